The predicted molar refractivity (Wildman–Crippen MR) is 136 cm³/mol. The number of benzene rings is 2. The molecule has 1 unspecified atom stereocenters. The molecule has 0 radical (unpaired) electrons. The lowest BCUT2D eigenvalue weighted by atomic mass is 9.94. The van der Waals surface area contributed by atoms with Gasteiger partial charge in [-0.1, -0.05) is 30.6 Å². The maximum absolute atomic E-state index is 13.1. The number of allylic oxidation sites excluding steroid dienone is 1. The molecular weight excluding hydrogens is 460 g/mol. The molecule has 4 rings (SSSR count). The van der Waals surface area contributed by atoms with E-state index in [1.54, 1.807) is 31.3 Å². The Morgan fingerprint density at radius 3 is 2.47 bits per heavy atom. The Morgan fingerprint density at radius 2 is 1.81 bits per heavy atom. The number of carbonyl (C=O) groups is 1. The fourth-order valence-corrected chi connectivity index (χ4v) is 4.24. The minimum Gasteiger partial charge on any atom is -0.494 e. The standard InChI is InChI=1S/C27H32N4O5/c1-6-8-15-31-17(3)23(24(28-27(31)32)18-9-12-20(13-10-18)35-7-2)26-29-25(30-36-26)19-11-14-21(33-4)22(16-19)34-5/h9-14,16,24H,6-8,15H2,1-5H3,(H,28,32). The Kier molecular flexibility index (Phi) is 7.77. The Labute approximate surface area is 211 Å². The summed E-state index contributed by atoms with van der Waals surface area (Å²) in [6, 6.07) is 12.5. The van der Waals surface area contributed by atoms with Gasteiger partial charge < -0.3 is 24.1 Å². The lowest BCUT2D eigenvalue weighted by molar-refractivity contribution is 0.204. The van der Waals surface area contributed by atoms with Crippen LogP contribution in [0.3, 0.4) is 0 Å². The van der Waals surface area contributed by atoms with E-state index in [0.29, 0.717) is 36.4 Å². The summed E-state index contributed by atoms with van der Waals surface area (Å²) in [5.74, 6) is 2.70. The van der Waals surface area contributed by atoms with Crippen LogP contribution in [0.1, 0.15) is 51.1 Å². The van der Waals surface area contributed by atoms with Crippen molar-refractivity contribution >= 4 is 11.6 Å². The van der Waals surface area contributed by atoms with Crippen LogP contribution in [-0.2, 0) is 0 Å². The van der Waals surface area contributed by atoms with Gasteiger partial charge in [-0.15, -0.1) is 0 Å². The maximum atomic E-state index is 13.1. The van der Waals surface area contributed by atoms with Crippen LogP contribution in [-0.4, -0.2) is 48.4 Å². The van der Waals surface area contributed by atoms with Crippen molar-refractivity contribution in [1.29, 1.82) is 0 Å². The molecule has 0 spiro atoms. The van der Waals surface area contributed by atoms with Gasteiger partial charge in [0, 0.05) is 17.8 Å². The van der Waals surface area contributed by atoms with Gasteiger partial charge in [0.25, 0.3) is 5.89 Å². The maximum Gasteiger partial charge on any atom is 0.322 e. The van der Waals surface area contributed by atoms with Crippen molar-refractivity contribution in [2.24, 2.45) is 0 Å². The van der Waals surface area contributed by atoms with Crippen molar-refractivity contribution < 1.29 is 23.5 Å². The van der Waals surface area contributed by atoms with Gasteiger partial charge >= 0.3 is 6.03 Å². The van der Waals surface area contributed by atoms with Gasteiger partial charge in [0.15, 0.2) is 11.5 Å². The smallest absolute Gasteiger partial charge is 0.322 e. The lowest BCUT2D eigenvalue weighted by Crippen LogP contribution is -2.46. The van der Waals surface area contributed by atoms with Crippen LogP contribution >= 0.6 is 0 Å². The van der Waals surface area contributed by atoms with Crippen LogP contribution in [0, 0.1) is 0 Å². The molecule has 0 bridgehead atoms. The number of carbonyl (C=O) groups excluding carboxylic acids is 1. The number of amides is 2. The molecule has 2 amide bonds. The van der Waals surface area contributed by atoms with E-state index >= 15 is 0 Å². The van der Waals surface area contributed by atoms with Crippen LogP contribution in [0.25, 0.3) is 17.0 Å². The van der Waals surface area contributed by atoms with Gasteiger partial charge in [-0.2, -0.15) is 4.98 Å². The first kappa shape index (κ1) is 25.1. The first-order valence-electron chi connectivity index (χ1n) is 12.1. The number of aromatic nitrogens is 2. The zero-order valence-electron chi connectivity index (χ0n) is 21.3. The van der Waals surface area contributed by atoms with Crippen LogP contribution in [0.4, 0.5) is 4.79 Å². The Hall–Kier alpha value is -4.01. The number of rotatable bonds is 10. The Bertz CT molecular complexity index is 1240. The Morgan fingerprint density at radius 1 is 1.06 bits per heavy atom. The highest BCUT2D eigenvalue weighted by Crippen LogP contribution is 2.38. The van der Waals surface area contributed by atoms with Gasteiger partial charge in [0.2, 0.25) is 5.82 Å². The van der Waals surface area contributed by atoms with Gasteiger partial charge in [0.05, 0.1) is 32.4 Å². The van der Waals surface area contributed by atoms with Crippen LogP contribution in [0.5, 0.6) is 17.2 Å². The average Bonchev–Trinajstić information content (AvgIpc) is 3.38. The third-order valence-electron chi connectivity index (χ3n) is 6.15. The van der Waals surface area contributed by atoms with Gasteiger partial charge in [-0.25, -0.2) is 4.79 Å². The molecule has 36 heavy (non-hydrogen) atoms. The number of hydrogen-bond acceptors (Lipinski definition) is 7. The number of ether oxygens (including phenoxy) is 3. The normalized spacial score (nSPS) is 15.6. The zero-order chi connectivity index (χ0) is 25.7. The number of methoxy groups -OCH3 is 2. The number of hydrogen-bond donors (Lipinski definition) is 1. The second-order valence-electron chi connectivity index (χ2n) is 8.38. The molecule has 9 heteroatoms. The highest BCUT2D eigenvalue weighted by atomic mass is 16.5. The summed E-state index contributed by atoms with van der Waals surface area (Å²) in [4.78, 5) is 19.5. The van der Waals surface area contributed by atoms with Crippen molar-refractivity contribution in [3.8, 4) is 28.6 Å². The first-order chi connectivity index (χ1) is 17.5. The van der Waals surface area contributed by atoms with Gasteiger partial charge in [-0.3, -0.25) is 4.90 Å². The van der Waals surface area contributed by atoms with Crippen molar-refractivity contribution in [2.45, 2.75) is 39.7 Å². The Balaban J connectivity index is 1.76. The predicted octanol–water partition coefficient (Wildman–Crippen LogP) is 5.45. The van der Waals surface area contributed by atoms with Gasteiger partial charge in [-0.05, 0) is 56.2 Å². The van der Waals surface area contributed by atoms with E-state index < -0.39 is 6.04 Å². The largest absolute Gasteiger partial charge is 0.494 e. The van der Waals surface area contributed by atoms with Crippen molar-refractivity contribution in [2.75, 3.05) is 27.4 Å². The molecule has 0 saturated carbocycles. The van der Waals surface area contributed by atoms with Gasteiger partial charge in [0.1, 0.15) is 5.75 Å². The second kappa shape index (κ2) is 11.2. The summed E-state index contributed by atoms with van der Waals surface area (Å²) in [6.07, 6.45) is 1.85. The molecule has 0 saturated heterocycles. The molecule has 2 aromatic carbocycles. The molecule has 190 valence electrons. The average molecular weight is 493 g/mol. The summed E-state index contributed by atoms with van der Waals surface area (Å²) < 4.78 is 22.1. The van der Waals surface area contributed by atoms with E-state index in [9.17, 15) is 4.79 Å². The third kappa shape index (κ3) is 5.00. The molecule has 9 nitrogen and oxygen atoms in total. The minimum absolute atomic E-state index is 0.150. The molecule has 1 aliphatic rings. The monoisotopic (exact) mass is 492 g/mol. The molecule has 0 fully saturated rings. The van der Waals surface area contributed by atoms with E-state index in [1.807, 2.05) is 44.2 Å². The molecule has 1 atom stereocenters. The highest BCUT2D eigenvalue weighted by Gasteiger charge is 2.35. The molecule has 1 N–H and O–H groups in total. The fourth-order valence-electron chi connectivity index (χ4n) is 4.24. The summed E-state index contributed by atoms with van der Waals surface area (Å²) in [5, 5.41) is 7.36. The minimum atomic E-state index is -0.454. The molecule has 3 aromatic rings. The molecular formula is C27H32N4O5. The summed E-state index contributed by atoms with van der Waals surface area (Å²) in [6.45, 7) is 7.14. The van der Waals surface area contributed by atoms with E-state index in [-0.39, 0.29) is 6.03 Å². The van der Waals surface area contributed by atoms with Crippen molar-refractivity contribution in [1.82, 2.24) is 20.4 Å². The summed E-state index contributed by atoms with van der Waals surface area (Å²) in [5.41, 5.74) is 3.16. The molecule has 0 aliphatic carbocycles. The molecule has 1 aliphatic heterocycles. The summed E-state index contributed by atoms with van der Waals surface area (Å²) >= 11 is 0. The quantitative estimate of drug-likeness (QED) is 0.402. The zero-order valence-corrected chi connectivity index (χ0v) is 21.3. The summed E-state index contributed by atoms with van der Waals surface area (Å²) in [7, 11) is 3.16. The SMILES string of the molecule is CCCCN1C(=O)NC(c2ccc(OCC)cc2)C(c2nc(-c3ccc(OC)c(OC)c3)no2)=C1C. The molecule has 1 aromatic heterocycles. The number of nitrogens with zero attached hydrogens (tertiary/aromatic N) is 3. The highest BCUT2D eigenvalue weighted by molar-refractivity contribution is 5.87. The fraction of sp³-hybridized carbons (Fsp3) is 0.370. The lowest BCUT2D eigenvalue weighted by Gasteiger charge is -2.35. The van der Waals surface area contributed by atoms with Crippen LogP contribution < -0.4 is 19.5 Å². The van der Waals surface area contributed by atoms with E-state index in [0.717, 1.165) is 41.0 Å². The third-order valence-corrected chi connectivity index (χ3v) is 6.15. The second-order valence-corrected chi connectivity index (χ2v) is 8.38. The van der Waals surface area contributed by atoms with Crippen molar-refractivity contribution in [3.63, 3.8) is 0 Å². The number of urea groups is 1. The number of unbranched alkanes of at least 4 members (excludes halogenated alkanes) is 1. The van der Waals surface area contributed by atoms with E-state index in [4.69, 9.17) is 23.7 Å². The van der Waals surface area contributed by atoms with Crippen molar-refractivity contribution in [3.05, 3.63) is 59.6 Å². The van der Waals surface area contributed by atoms with Crippen LogP contribution in [0.2, 0.25) is 0 Å². The van der Waals surface area contributed by atoms with E-state index in [1.165, 1.54) is 0 Å². The van der Waals surface area contributed by atoms with Crippen LogP contribution in [0.15, 0.2) is 52.7 Å². The van der Waals surface area contributed by atoms with E-state index in [2.05, 4.69) is 17.4 Å². The number of nitrogens with one attached hydrogen (secondary N) is 1. The topological polar surface area (TPSA) is 99.0 Å². The molecule has 2 heterocycles. The first-order valence-corrected chi connectivity index (χ1v) is 12.1.